The molecule has 0 bridgehead atoms. The Hall–Kier alpha value is -3.11. The van der Waals surface area contributed by atoms with Crippen LogP contribution < -0.4 is 0 Å². The van der Waals surface area contributed by atoms with Crippen molar-refractivity contribution in [1.29, 1.82) is 0 Å². The van der Waals surface area contributed by atoms with Gasteiger partial charge >= 0.3 is 5.95 Å². The Balaban J connectivity index is 1.68. The van der Waals surface area contributed by atoms with Gasteiger partial charge in [-0.2, -0.15) is 0 Å². The van der Waals surface area contributed by atoms with E-state index in [4.69, 9.17) is 16.0 Å². The minimum Gasteiger partial charge on any atom is -0.479 e. The van der Waals surface area contributed by atoms with E-state index in [-0.39, 0.29) is 11.6 Å². The summed E-state index contributed by atoms with van der Waals surface area (Å²) in [5.41, 5.74) is 1.80. The number of rotatable bonds is 3. The van der Waals surface area contributed by atoms with E-state index in [2.05, 4.69) is 9.98 Å². The normalized spacial score (nSPS) is 11.4. The van der Waals surface area contributed by atoms with Crippen molar-refractivity contribution in [3.63, 3.8) is 0 Å². The van der Waals surface area contributed by atoms with Crippen molar-refractivity contribution in [3.05, 3.63) is 77.4 Å². The molecule has 0 fully saturated rings. The number of halogens is 1. The minimum absolute atomic E-state index is 0.270. The van der Waals surface area contributed by atoms with E-state index in [1.807, 2.05) is 42.5 Å². The first-order valence-corrected chi connectivity index (χ1v) is 8.06. The molecule has 1 N–H and O–H groups in total. The summed E-state index contributed by atoms with van der Waals surface area (Å²) in [5.74, 6) is 0.0440. The number of fused-ring (bicyclic) bond motifs is 1. The van der Waals surface area contributed by atoms with Crippen molar-refractivity contribution in [2.75, 3.05) is 0 Å². The van der Waals surface area contributed by atoms with Gasteiger partial charge < -0.3 is 9.52 Å². The topological polar surface area (TPSA) is 58.6 Å². The van der Waals surface area contributed by atoms with Crippen molar-refractivity contribution < 1.29 is 9.52 Å². The van der Waals surface area contributed by atoms with Gasteiger partial charge in [-0.15, -0.1) is 0 Å². The van der Waals surface area contributed by atoms with E-state index in [1.54, 1.807) is 24.3 Å². The standard InChI is InChI=1S/C20H13ClN2O2/c21-15-10-8-14(9-11-15)19-23-18(20(24)25-19)12-22-17-7-3-5-13-4-1-2-6-16(13)17/h1-12,24H. The second-order valence-electron chi connectivity index (χ2n) is 5.47. The van der Waals surface area contributed by atoms with Gasteiger partial charge in [0.1, 0.15) is 0 Å². The Morgan fingerprint density at radius 2 is 1.72 bits per heavy atom. The Kier molecular flexibility index (Phi) is 3.96. The molecular weight excluding hydrogens is 336 g/mol. The van der Waals surface area contributed by atoms with Crippen LogP contribution in [0.3, 0.4) is 0 Å². The molecule has 0 amide bonds. The van der Waals surface area contributed by atoms with Gasteiger partial charge in [0.15, 0.2) is 5.69 Å². The molecule has 1 heterocycles. The average molecular weight is 349 g/mol. The molecule has 0 spiro atoms. The maximum atomic E-state index is 9.99. The highest BCUT2D eigenvalue weighted by Crippen LogP contribution is 2.28. The highest BCUT2D eigenvalue weighted by Gasteiger charge is 2.12. The molecule has 0 atom stereocenters. The van der Waals surface area contributed by atoms with Gasteiger partial charge in [-0.05, 0) is 35.7 Å². The summed E-state index contributed by atoms with van der Waals surface area (Å²) in [7, 11) is 0. The molecule has 0 saturated carbocycles. The lowest BCUT2D eigenvalue weighted by Crippen LogP contribution is -1.83. The third-order valence-corrected chi connectivity index (χ3v) is 4.07. The van der Waals surface area contributed by atoms with Gasteiger partial charge in [0.25, 0.3) is 0 Å². The molecule has 5 heteroatoms. The van der Waals surface area contributed by atoms with E-state index >= 15 is 0 Å². The quantitative estimate of drug-likeness (QED) is 0.490. The van der Waals surface area contributed by atoms with Crippen molar-refractivity contribution in [2.45, 2.75) is 0 Å². The molecule has 0 aliphatic heterocycles. The summed E-state index contributed by atoms with van der Waals surface area (Å²) in [4.78, 5) is 8.75. The zero-order valence-electron chi connectivity index (χ0n) is 13.1. The summed E-state index contributed by atoms with van der Waals surface area (Å²) < 4.78 is 5.33. The van der Waals surface area contributed by atoms with Crippen LogP contribution in [0.15, 0.2) is 76.1 Å². The molecule has 4 nitrogen and oxygen atoms in total. The zero-order valence-corrected chi connectivity index (χ0v) is 13.8. The number of nitrogens with zero attached hydrogens (tertiary/aromatic N) is 2. The second-order valence-corrected chi connectivity index (χ2v) is 5.91. The Morgan fingerprint density at radius 1 is 0.960 bits per heavy atom. The van der Waals surface area contributed by atoms with Crippen LogP contribution in [0, 0.1) is 0 Å². The fourth-order valence-corrected chi connectivity index (χ4v) is 2.70. The number of benzene rings is 3. The van der Waals surface area contributed by atoms with Crippen molar-refractivity contribution >= 4 is 34.3 Å². The fraction of sp³-hybridized carbons (Fsp3) is 0. The van der Waals surface area contributed by atoms with Crippen molar-refractivity contribution in [2.24, 2.45) is 4.99 Å². The number of aliphatic imine (C=N–C) groups is 1. The van der Waals surface area contributed by atoms with Crippen LogP contribution in [-0.4, -0.2) is 16.3 Å². The SMILES string of the molecule is Oc1oc(-c2ccc(Cl)cc2)nc1C=Nc1cccc2ccccc12. The molecule has 0 aliphatic carbocycles. The Bertz CT molecular complexity index is 1060. The largest absolute Gasteiger partial charge is 0.479 e. The van der Waals surface area contributed by atoms with E-state index in [9.17, 15) is 5.11 Å². The van der Waals surface area contributed by atoms with Gasteiger partial charge in [-0.3, -0.25) is 4.99 Å². The second kappa shape index (κ2) is 6.42. The van der Waals surface area contributed by atoms with Crippen LogP contribution in [0.4, 0.5) is 5.69 Å². The lowest BCUT2D eigenvalue weighted by atomic mass is 10.1. The average Bonchev–Trinajstić information content (AvgIpc) is 3.01. The number of aromatic hydroxyl groups is 1. The predicted molar refractivity (Wildman–Crippen MR) is 99.8 cm³/mol. The maximum Gasteiger partial charge on any atom is 0.312 e. The van der Waals surface area contributed by atoms with E-state index in [1.165, 1.54) is 6.21 Å². The highest BCUT2D eigenvalue weighted by molar-refractivity contribution is 6.30. The summed E-state index contributed by atoms with van der Waals surface area (Å²) in [6, 6.07) is 20.9. The summed E-state index contributed by atoms with van der Waals surface area (Å²) in [6.45, 7) is 0. The van der Waals surface area contributed by atoms with Crippen LogP contribution in [-0.2, 0) is 0 Å². The van der Waals surface area contributed by atoms with Crippen LogP contribution in [0.25, 0.3) is 22.2 Å². The van der Waals surface area contributed by atoms with Crippen LogP contribution in [0.1, 0.15) is 5.69 Å². The number of hydrogen-bond acceptors (Lipinski definition) is 4. The molecule has 1 aromatic heterocycles. The predicted octanol–water partition coefficient (Wildman–Crippen LogP) is 5.60. The molecular formula is C20H13ClN2O2. The molecule has 0 unspecified atom stereocenters. The molecule has 25 heavy (non-hydrogen) atoms. The van der Waals surface area contributed by atoms with Crippen LogP contribution >= 0.6 is 11.6 Å². The number of aromatic nitrogens is 1. The third kappa shape index (κ3) is 3.12. The molecule has 4 rings (SSSR count). The first-order valence-electron chi connectivity index (χ1n) is 7.68. The lowest BCUT2D eigenvalue weighted by Gasteiger charge is -2.00. The van der Waals surface area contributed by atoms with Gasteiger partial charge in [0.2, 0.25) is 5.89 Å². The Labute approximate surface area is 149 Å². The van der Waals surface area contributed by atoms with E-state index in [0.717, 1.165) is 22.0 Å². The maximum absolute atomic E-state index is 9.99. The van der Waals surface area contributed by atoms with E-state index in [0.29, 0.717) is 10.9 Å². The smallest absolute Gasteiger partial charge is 0.312 e. The lowest BCUT2D eigenvalue weighted by molar-refractivity contribution is 0.337. The third-order valence-electron chi connectivity index (χ3n) is 3.82. The van der Waals surface area contributed by atoms with Gasteiger partial charge in [-0.1, -0.05) is 48.0 Å². The first kappa shape index (κ1) is 15.4. The van der Waals surface area contributed by atoms with Crippen molar-refractivity contribution in [1.82, 2.24) is 4.98 Å². The van der Waals surface area contributed by atoms with Gasteiger partial charge in [0, 0.05) is 16.0 Å². The minimum atomic E-state index is -0.270. The van der Waals surface area contributed by atoms with Gasteiger partial charge in [-0.25, -0.2) is 4.98 Å². The molecule has 122 valence electrons. The van der Waals surface area contributed by atoms with E-state index < -0.39 is 0 Å². The number of oxazole rings is 1. The highest BCUT2D eigenvalue weighted by atomic mass is 35.5. The summed E-state index contributed by atoms with van der Waals surface area (Å²) >= 11 is 5.88. The first-order chi connectivity index (χ1) is 12.2. The molecule has 0 saturated heterocycles. The molecule has 0 radical (unpaired) electrons. The van der Waals surface area contributed by atoms with Crippen LogP contribution in [0.5, 0.6) is 5.95 Å². The zero-order chi connectivity index (χ0) is 17.2. The van der Waals surface area contributed by atoms with Crippen LogP contribution in [0.2, 0.25) is 5.02 Å². The van der Waals surface area contributed by atoms with Gasteiger partial charge in [0.05, 0.1) is 11.9 Å². The fourth-order valence-electron chi connectivity index (χ4n) is 2.58. The monoisotopic (exact) mass is 348 g/mol. The van der Waals surface area contributed by atoms with Crippen molar-refractivity contribution in [3.8, 4) is 17.4 Å². The summed E-state index contributed by atoms with van der Waals surface area (Å²) in [5, 5.41) is 12.7. The summed E-state index contributed by atoms with van der Waals surface area (Å²) in [6.07, 6.45) is 1.50. The molecule has 3 aromatic carbocycles. The number of hydrogen-bond donors (Lipinski definition) is 1. The Morgan fingerprint density at radius 3 is 2.56 bits per heavy atom. The molecule has 4 aromatic rings. The molecule has 0 aliphatic rings.